The predicted octanol–water partition coefficient (Wildman–Crippen LogP) is 3.06. The van der Waals surface area contributed by atoms with Crippen LogP contribution < -0.4 is 11.1 Å². The number of rotatable bonds is 6. The third-order valence-electron chi connectivity index (χ3n) is 3.99. The molecule has 6 heteroatoms. The van der Waals surface area contributed by atoms with Gasteiger partial charge in [-0.25, -0.2) is 9.78 Å². The molecule has 2 heterocycles. The van der Waals surface area contributed by atoms with Crippen molar-refractivity contribution >= 4 is 23.1 Å². The van der Waals surface area contributed by atoms with Gasteiger partial charge in [0.15, 0.2) is 5.69 Å². The molecule has 0 atom stereocenters. The Morgan fingerprint density at radius 3 is 2.72 bits per heavy atom. The molecule has 0 aliphatic rings. The summed E-state index contributed by atoms with van der Waals surface area (Å²) in [6.45, 7) is 4.67. The van der Waals surface area contributed by atoms with Crippen LogP contribution in [0.5, 0.6) is 0 Å². The van der Waals surface area contributed by atoms with Crippen molar-refractivity contribution in [1.82, 2.24) is 9.38 Å². The molecular weight excluding hydrogens is 316 g/mol. The maximum Gasteiger partial charge on any atom is 0.357 e. The van der Waals surface area contributed by atoms with Crippen molar-refractivity contribution in [2.45, 2.75) is 20.3 Å². The molecule has 3 rings (SSSR count). The molecule has 25 heavy (non-hydrogen) atoms. The number of imidazole rings is 1. The molecule has 2 aromatic heterocycles. The number of carbonyl (C=O) groups excluding carboxylic acids is 1. The van der Waals surface area contributed by atoms with E-state index in [9.17, 15) is 4.79 Å². The molecule has 0 saturated carbocycles. The first-order valence-electron chi connectivity index (χ1n) is 8.33. The van der Waals surface area contributed by atoms with E-state index in [-0.39, 0.29) is 5.97 Å². The second-order valence-corrected chi connectivity index (χ2v) is 5.79. The number of nitrogens with one attached hydrogen (secondary N) is 1. The molecule has 6 nitrogen and oxygen atoms in total. The third kappa shape index (κ3) is 3.57. The number of hydrogen-bond donors (Lipinski definition) is 2. The van der Waals surface area contributed by atoms with Crippen LogP contribution in [0.1, 0.15) is 28.7 Å². The summed E-state index contributed by atoms with van der Waals surface area (Å²) in [6.07, 6.45) is 0.846. The number of anilines is 2. The smallest absolute Gasteiger partial charge is 0.357 e. The maximum atomic E-state index is 12.3. The van der Waals surface area contributed by atoms with Crippen LogP contribution in [-0.2, 0) is 11.2 Å². The minimum absolute atomic E-state index is 0.332. The molecule has 0 bridgehead atoms. The highest BCUT2D eigenvalue weighted by Crippen LogP contribution is 2.19. The van der Waals surface area contributed by atoms with E-state index in [1.807, 2.05) is 53.8 Å². The minimum Gasteiger partial charge on any atom is -0.461 e. The fourth-order valence-electron chi connectivity index (χ4n) is 2.80. The van der Waals surface area contributed by atoms with Crippen LogP contribution in [0.25, 0.3) is 5.65 Å². The van der Waals surface area contributed by atoms with Crippen LogP contribution in [-0.4, -0.2) is 28.5 Å². The van der Waals surface area contributed by atoms with E-state index in [0.717, 1.165) is 30.1 Å². The molecule has 3 aromatic rings. The number of fused-ring (bicyclic) bond motifs is 1. The summed E-state index contributed by atoms with van der Waals surface area (Å²) in [5.41, 5.74) is 9.51. The monoisotopic (exact) mass is 338 g/mol. The first-order chi connectivity index (χ1) is 12.1. The Balaban J connectivity index is 1.83. The quantitative estimate of drug-likeness (QED) is 0.533. The van der Waals surface area contributed by atoms with E-state index in [1.54, 1.807) is 6.92 Å². The van der Waals surface area contributed by atoms with E-state index < -0.39 is 0 Å². The first-order valence-corrected chi connectivity index (χ1v) is 8.33. The number of aryl methyl sites for hydroxylation is 1. The van der Waals surface area contributed by atoms with Crippen molar-refractivity contribution < 1.29 is 9.53 Å². The highest BCUT2D eigenvalue weighted by Gasteiger charge is 2.19. The highest BCUT2D eigenvalue weighted by atomic mass is 16.5. The number of ether oxygens (including phenoxy) is 1. The van der Waals surface area contributed by atoms with Crippen molar-refractivity contribution in [3.8, 4) is 0 Å². The van der Waals surface area contributed by atoms with Crippen LogP contribution in [0.4, 0.5) is 11.5 Å². The van der Waals surface area contributed by atoms with Gasteiger partial charge in [-0.1, -0.05) is 18.2 Å². The Labute approximate surface area is 146 Å². The van der Waals surface area contributed by atoms with Crippen molar-refractivity contribution in [3.63, 3.8) is 0 Å². The number of carbonyl (C=O) groups is 1. The Bertz CT molecular complexity index is 884. The maximum absolute atomic E-state index is 12.3. The minimum atomic E-state index is -0.361. The fraction of sp³-hybridized carbons (Fsp3) is 0.263. The Hall–Kier alpha value is -3.02. The Morgan fingerprint density at radius 1 is 1.24 bits per heavy atom. The van der Waals surface area contributed by atoms with Crippen molar-refractivity contribution in [2.24, 2.45) is 0 Å². The average molecular weight is 338 g/mol. The van der Waals surface area contributed by atoms with Gasteiger partial charge in [0, 0.05) is 12.2 Å². The Morgan fingerprint density at radius 2 is 2.00 bits per heavy atom. The van der Waals surface area contributed by atoms with Crippen LogP contribution in [0.3, 0.4) is 0 Å². The van der Waals surface area contributed by atoms with Gasteiger partial charge in [-0.05, 0) is 50.1 Å². The van der Waals surface area contributed by atoms with Gasteiger partial charge in [0.05, 0.1) is 12.3 Å². The van der Waals surface area contributed by atoms with Crippen LogP contribution in [0, 0.1) is 6.92 Å². The number of nitrogen functional groups attached to an aromatic ring is 1. The molecule has 0 fully saturated rings. The lowest BCUT2D eigenvalue weighted by Crippen LogP contribution is -2.14. The molecule has 0 radical (unpaired) electrons. The summed E-state index contributed by atoms with van der Waals surface area (Å²) in [6, 6.07) is 13.6. The lowest BCUT2D eigenvalue weighted by Gasteiger charge is -2.11. The van der Waals surface area contributed by atoms with Gasteiger partial charge < -0.3 is 15.8 Å². The summed E-state index contributed by atoms with van der Waals surface area (Å²) in [4.78, 5) is 16.8. The van der Waals surface area contributed by atoms with Gasteiger partial charge >= 0.3 is 5.97 Å². The summed E-state index contributed by atoms with van der Waals surface area (Å²) < 4.78 is 6.99. The molecule has 0 aliphatic heterocycles. The molecule has 1 aromatic carbocycles. The molecule has 130 valence electrons. The summed E-state index contributed by atoms with van der Waals surface area (Å²) >= 11 is 0. The third-order valence-corrected chi connectivity index (χ3v) is 3.99. The van der Waals surface area contributed by atoms with Gasteiger partial charge in [0.1, 0.15) is 11.5 Å². The zero-order valence-corrected chi connectivity index (χ0v) is 14.5. The molecule has 0 aliphatic carbocycles. The summed E-state index contributed by atoms with van der Waals surface area (Å²) in [5.74, 6) is 0.455. The summed E-state index contributed by atoms with van der Waals surface area (Å²) in [7, 11) is 0. The normalized spacial score (nSPS) is 10.8. The van der Waals surface area contributed by atoms with Gasteiger partial charge in [0.2, 0.25) is 0 Å². The van der Waals surface area contributed by atoms with E-state index in [4.69, 9.17) is 10.5 Å². The van der Waals surface area contributed by atoms with Gasteiger partial charge in [-0.2, -0.15) is 0 Å². The second-order valence-electron chi connectivity index (χ2n) is 5.79. The zero-order chi connectivity index (χ0) is 17.8. The number of esters is 1. The van der Waals surface area contributed by atoms with Crippen LogP contribution >= 0.6 is 0 Å². The van der Waals surface area contributed by atoms with E-state index in [0.29, 0.717) is 18.0 Å². The number of nitrogens with two attached hydrogens (primary N) is 1. The van der Waals surface area contributed by atoms with E-state index in [2.05, 4.69) is 10.3 Å². The van der Waals surface area contributed by atoms with Gasteiger partial charge in [-0.3, -0.25) is 4.40 Å². The fourth-order valence-corrected chi connectivity index (χ4v) is 2.80. The van der Waals surface area contributed by atoms with Crippen molar-refractivity contribution in [2.75, 3.05) is 24.2 Å². The number of aromatic nitrogens is 2. The van der Waals surface area contributed by atoms with E-state index in [1.165, 1.54) is 5.56 Å². The molecule has 0 amide bonds. The van der Waals surface area contributed by atoms with Gasteiger partial charge in [-0.15, -0.1) is 0 Å². The van der Waals surface area contributed by atoms with E-state index >= 15 is 0 Å². The number of benzene rings is 1. The highest BCUT2D eigenvalue weighted by molar-refractivity contribution is 5.90. The Kier molecular flexibility index (Phi) is 4.88. The van der Waals surface area contributed by atoms with Gasteiger partial charge in [0.25, 0.3) is 0 Å². The number of pyridine rings is 1. The topological polar surface area (TPSA) is 81.6 Å². The molecular formula is C19H22N4O2. The molecule has 0 spiro atoms. The molecule has 3 N–H and O–H groups in total. The zero-order valence-electron chi connectivity index (χ0n) is 14.5. The molecule has 0 unspecified atom stereocenters. The number of nitrogens with zero attached hydrogens (tertiary/aromatic N) is 2. The van der Waals surface area contributed by atoms with Crippen molar-refractivity contribution in [3.05, 3.63) is 59.4 Å². The standard InChI is InChI=1S/C19H22N4O2/c1-3-25-19(24)18-13(2)22-17-6-4-5-16(23(17)18)21-12-11-14-7-9-15(20)10-8-14/h4-10,21H,3,11-12,20H2,1-2H3. The predicted molar refractivity (Wildman–Crippen MR) is 98.9 cm³/mol. The first kappa shape index (κ1) is 16.8. The SMILES string of the molecule is CCOC(=O)c1c(C)nc2cccc(NCCc3ccc(N)cc3)n12. The largest absolute Gasteiger partial charge is 0.461 e. The van der Waals surface area contributed by atoms with Crippen LogP contribution in [0.15, 0.2) is 42.5 Å². The second kappa shape index (κ2) is 7.25. The van der Waals surface area contributed by atoms with Crippen molar-refractivity contribution in [1.29, 1.82) is 0 Å². The number of hydrogen-bond acceptors (Lipinski definition) is 5. The average Bonchev–Trinajstić information content (AvgIpc) is 2.93. The lowest BCUT2D eigenvalue weighted by atomic mass is 10.1. The lowest BCUT2D eigenvalue weighted by molar-refractivity contribution is 0.0517. The summed E-state index contributed by atoms with van der Waals surface area (Å²) in [5, 5.41) is 3.39. The van der Waals surface area contributed by atoms with Crippen LogP contribution in [0.2, 0.25) is 0 Å². The molecule has 0 saturated heterocycles.